The highest BCUT2D eigenvalue weighted by molar-refractivity contribution is 5.86. The van der Waals surface area contributed by atoms with Crippen molar-refractivity contribution in [3.63, 3.8) is 0 Å². The van der Waals surface area contributed by atoms with E-state index in [1.165, 1.54) is 0 Å². The van der Waals surface area contributed by atoms with Gasteiger partial charge in [0.25, 0.3) is 0 Å². The van der Waals surface area contributed by atoms with Crippen molar-refractivity contribution in [2.45, 2.75) is 19.8 Å². The Morgan fingerprint density at radius 2 is 2.07 bits per heavy atom. The minimum absolute atomic E-state index is 0.0538. The van der Waals surface area contributed by atoms with E-state index in [1.54, 1.807) is 0 Å². The van der Waals surface area contributed by atoms with Gasteiger partial charge in [-0.05, 0) is 0 Å². The van der Waals surface area contributed by atoms with Gasteiger partial charge in [0.05, 0.1) is 7.11 Å². The van der Waals surface area contributed by atoms with Crippen LogP contribution in [0.5, 0.6) is 0 Å². The summed E-state index contributed by atoms with van der Waals surface area (Å²) in [6, 6.07) is 0. The molecule has 0 fully saturated rings. The van der Waals surface area contributed by atoms with Crippen LogP contribution in [-0.4, -0.2) is 28.0 Å². The molecule has 0 aliphatic heterocycles. The molecule has 1 rings (SSSR count). The van der Waals surface area contributed by atoms with Crippen LogP contribution in [0.25, 0.3) is 0 Å². The lowest BCUT2D eigenvalue weighted by Gasteiger charge is -2.08. The smallest absolute Gasteiger partial charge is 0.364 e. The quantitative estimate of drug-likeness (QED) is 0.512. The fraction of sp³-hybridized carbons (Fsp3) is 0.500. The second-order valence-electron chi connectivity index (χ2n) is 3.23. The van der Waals surface area contributed by atoms with Crippen LogP contribution < -0.4 is 11.4 Å². The van der Waals surface area contributed by atoms with Crippen molar-refractivity contribution >= 4 is 5.97 Å². The van der Waals surface area contributed by atoms with Crippen LogP contribution in [0, 0.1) is 0 Å². The summed E-state index contributed by atoms with van der Waals surface area (Å²) in [7, 11) is 1.15. The summed E-state index contributed by atoms with van der Waals surface area (Å²) < 4.78 is 5.17. The Bertz CT molecular complexity index is 438. The maximum absolute atomic E-state index is 11.5. The van der Waals surface area contributed by atoms with Gasteiger partial charge in [-0.3, -0.25) is 4.79 Å². The van der Waals surface area contributed by atoms with Crippen LogP contribution in [-0.2, 0) is 4.74 Å². The van der Waals surface area contributed by atoms with Gasteiger partial charge in [0.1, 0.15) is 0 Å². The van der Waals surface area contributed by atoms with Crippen molar-refractivity contribution in [1.82, 2.24) is 14.9 Å². The van der Waals surface area contributed by atoms with E-state index in [9.17, 15) is 9.59 Å². The second-order valence-corrected chi connectivity index (χ2v) is 3.23. The highest BCUT2D eigenvalue weighted by atomic mass is 16.5. The van der Waals surface area contributed by atoms with E-state index in [1.807, 2.05) is 13.8 Å². The molecule has 1 aromatic heterocycles. The number of methoxy groups -OCH3 is 1. The average Bonchev–Trinajstić information content (AvgIpc) is 2.20. The molecule has 0 saturated heterocycles. The van der Waals surface area contributed by atoms with Crippen molar-refractivity contribution in [2.75, 3.05) is 13.0 Å². The minimum Gasteiger partial charge on any atom is -0.464 e. The number of nitrogen functional groups attached to an aromatic ring is 1. The van der Waals surface area contributed by atoms with E-state index in [4.69, 9.17) is 5.84 Å². The molecule has 15 heavy (non-hydrogen) atoms. The maximum Gasteiger partial charge on any atom is 0.364 e. The predicted molar refractivity (Wildman–Crippen MR) is 51.9 cm³/mol. The number of hydrogen-bond acceptors (Lipinski definition) is 6. The molecule has 82 valence electrons. The van der Waals surface area contributed by atoms with Crippen LogP contribution in [0.3, 0.4) is 0 Å². The van der Waals surface area contributed by atoms with E-state index in [-0.39, 0.29) is 5.92 Å². The number of hydrogen-bond donors (Lipinski definition) is 1. The Balaban J connectivity index is 3.34. The normalized spacial score (nSPS) is 10.4. The number of aromatic nitrogens is 3. The summed E-state index contributed by atoms with van der Waals surface area (Å²) in [6.45, 7) is 3.62. The number of nitrogens with zero attached hydrogens (tertiary/aromatic N) is 3. The minimum atomic E-state index is -0.845. The first-order chi connectivity index (χ1) is 6.99. The van der Waals surface area contributed by atoms with E-state index in [0.29, 0.717) is 5.82 Å². The van der Waals surface area contributed by atoms with Gasteiger partial charge in [-0.25, -0.2) is 9.47 Å². The van der Waals surface area contributed by atoms with Gasteiger partial charge in [0.15, 0.2) is 5.82 Å². The summed E-state index contributed by atoms with van der Waals surface area (Å²) >= 11 is 0. The van der Waals surface area contributed by atoms with Gasteiger partial charge in [0, 0.05) is 5.92 Å². The highest BCUT2D eigenvalue weighted by Gasteiger charge is 2.18. The molecule has 1 heterocycles. The first-order valence-electron chi connectivity index (χ1n) is 4.32. The first kappa shape index (κ1) is 11.2. The summed E-state index contributed by atoms with van der Waals surface area (Å²) in [5.74, 6) is 4.88. The Hall–Kier alpha value is -1.92. The SMILES string of the molecule is COC(=O)c1nnc(C(C)C)n(N)c1=O. The standard InChI is InChI=1S/C8H12N4O3/c1-4(2)6-11-10-5(8(14)15-3)7(13)12(6)9/h4H,9H2,1-3H3. The zero-order valence-electron chi connectivity index (χ0n) is 8.72. The molecule has 0 spiro atoms. The number of ether oxygens (including phenoxy) is 1. The van der Waals surface area contributed by atoms with Gasteiger partial charge in [0.2, 0.25) is 5.69 Å². The first-order valence-corrected chi connectivity index (χ1v) is 4.32. The molecular formula is C8H12N4O3. The summed E-state index contributed by atoms with van der Waals surface area (Å²) in [6.07, 6.45) is 0. The maximum atomic E-state index is 11.5. The molecule has 7 nitrogen and oxygen atoms in total. The van der Waals surface area contributed by atoms with Crippen LogP contribution in [0.1, 0.15) is 36.1 Å². The Kier molecular flexibility index (Phi) is 3.03. The van der Waals surface area contributed by atoms with Gasteiger partial charge in [-0.15, -0.1) is 10.2 Å². The summed E-state index contributed by atoms with van der Waals surface area (Å²) in [5, 5.41) is 7.19. The van der Waals surface area contributed by atoms with E-state index in [2.05, 4.69) is 14.9 Å². The molecular weight excluding hydrogens is 200 g/mol. The molecule has 2 N–H and O–H groups in total. The third-order valence-corrected chi connectivity index (χ3v) is 1.82. The van der Waals surface area contributed by atoms with Gasteiger partial charge < -0.3 is 10.6 Å². The fourth-order valence-electron chi connectivity index (χ4n) is 1.03. The number of nitrogens with two attached hydrogens (primary N) is 1. The van der Waals surface area contributed by atoms with Gasteiger partial charge in [-0.1, -0.05) is 13.8 Å². The zero-order chi connectivity index (χ0) is 11.6. The number of rotatable bonds is 2. The van der Waals surface area contributed by atoms with Crippen LogP contribution >= 0.6 is 0 Å². The van der Waals surface area contributed by atoms with Crippen LogP contribution in [0.4, 0.5) is 0 Å². The van der Waals surface area contributed by atoms with Crippen molar-refractivity contribution < 1.29 is 9.53 Å². The van der Waals surface area contributed by atoms with E-state index >= 15 is 0 Å². The molecule has 0 radical (unpaired) electrons. The largest absolute Gasteiger partial charge is 0.464 e. The lowest BCUT2D eigenvalue weighted by atomic mass is 10.2. The fourth-order valence-corrected chi connectivity index (χ4v) is 1.03. The molecule has 1 aromatic rings. The number of esters is 1. The number of carbonyl (C=O) groups is 1. The average molecular weight is 212 g/mol. The Labute approximate surface area is 85.8 Å². The molecule has 0 aliphatic rings. The molecule has 7 heteroatoms. The molecule has 0 atom stereocenters. The monoisotopic (exact) mass is 212 g/mol. The van der Waals surface area contributed by atoms with E-state index < -0.39 is 17.2 Å². The number of carbonyl (C=O) groups excluding carboxylic acids is 1. The summed E-state index contributed by atoms with van der Waals surface area (Å²) in [4.78, 5) is 22.6. The molecule has 0 aromatic carbocycles. The Morgan fingerprint density at radius 3 is 2.53 bits per heavy atom. The summed E-state index contributed by atoms with van der Waals surface area (Å²) in [5.41, 5.74) is -1.12. The molecule has 0 unspecified atom stereocenters. The van der Waals surface area contributed by atoms with Gasteiger partial charge in [-0.2, -0.15) is 0 Å². The predicted octanol–water partition coefficient (Wildman–Crippen LogP) is -0.738. The van der Waals surface area contributed by atoms with Crippen molar-refractivity contribution in [1.29, 1.82) is 0 Å². The van der Waals surface area contributed by atoms with Crippen LogP contribution in [0.2, 0.25) is 0 Å². The van der Waals surface area contributed by atoms with Gasteiger partial charge >= 0.3 is 11.5 Å². The molecule has 0 saturated carbocycles. The van der Waals surface area contributed by atoms with Crippen molar-refractivity contribution in [2.24, 2.45) is 0 Å². The third-order valence-electron chi connectivity index (χ3n) is 1.82. The van der Waals surface area contributed by atoms with E-state index in [0.717, 1.165) is 11.8 Å². The van der Waals surface area contributed by atoms with Crippen LogP contribution in [0.15, 0.2) is 4.79 Å². The second kappa shape index (κ2) is 4.07. The molecule has 0 amide bonds. The highest BCUT2D eigenvalue weighted by Crippen LogP contribution is 2.05. The third kappa shape index (κ3) is 1.95. The van der Waals surface area contributed by atoms with Crippen molar-refractivity contribution in [3.05, 3.63) is 21.9 Å². The molecule has 0 bridgehead atoms. The lowest BCUT2D eigenvalue weighted by Crippen LogP contribution is -2.37. The molecule has 0 aliphatic carbocycles. The zero-order valence-corrected chi connectivity index (χ0v) is 8.72. The van der Waals surface area contributed by atoms with Crippen molar-refractivity contribution in [3.8, 4) is 0 Å². The lowest BCUT2D eigenvalue weighted by molar-refractivity contribution is 0.0589. The Morgan fingerprint density at radius 1 is 1.47 bits per heavy atom. The topological polar surface area (TPSA) is 100 Å².